The van der Waals surface area contributed by atoms with Crippen LogP contribution in [0, 0.1) is 6.92 Å². The summed E-state index contributed by atoms with van der Waals surface area (Å²) in [5, 5.41) is 0.979. The molecule has 0 bridgehead atoms. The van der Waals surface area contributed by atoms with Gasteiger partial charge in [0.05, 0.1) is 0 Å². The van der Waals surface area contributed by atoms with Crippen molar-refractivity contribution in [1.29, 1.82) is 0 Å². The smallest absolute Gasteiger partial charge is 0.321 e. The van der Waals surface area contributed by atoms with Crippen molar-refractivity contribution in [3.63, 3.8) is 0 Å². The largest absolute Gasteiger partial charge is 0.452 e. The molecule has 0 aliphatic heterocycles. The number of rotatable bonds is 9. The van der Waals surface area contributed by atoms with Crippen LogP contribution in [0.1, 0.15) is 23.6 Å². The predicted molar refractivity (Wildman–Crippen MR) is 116 cm³/mol. The van der Waals surface area contributed by atoms with Gasteiger partial charge in [0.25, 0.3) is 5.91 Å². The van der Waals surface area contributed by atoms with E-state index in [1.807, 2.05) is 49.4 Å². The highest BCUT2D eigenvalue weighted by atomic mass is 32.2. The fraction of sp³-hybridized carbons (Fsp3) is 0.273. The number of amides is 1. The lowest BCUT2D eigenvalue weighted by Gasteiger charge is -2.21. The number of ether oxygens (including phenoxy) is 1. The minimum absolute atomic E-state index is 0.373. The molecule has 2 aromatic carbocycles. The normalized spacial score (nSPS) is 12.5. The standard InChI is InChI=1S/C22H26N2O5S/c1-17-9-11-19(12-10-17)13-14-30(27,28)23-15-21(25)29-18(2)22(26)24(3)16-20-7-5-4-6-8-20/h4-14,18,23H,15-16H2,1-3H3/b14-13+. The molecule has 1 unspecified atom stereocenters. The summed E-state index contributed by atoms with van der Waals surface area (Å²) in [4.78, 5) is 25.8. The van der Waals surface area contributed by atoms with Crippen LogP contribution < -0.4 is 4.72 Å². The molecule has 0 aliphatic rings. The molecule has 1 amide bonds. The average Bonchev–Trinajstić information content (AvgIpc) is 2.72. The Morgan fingerprint density at radius 1 is 1.10 bits per heavy atom. The highest BCUT2D eigenvalue weighted by Crippen LogP contribution is 2.07. The van der Waals surface area contributed by atoms with E-state index in [0.29, 0.717) is 12.1 Å². The minimum atomic E-state index is -3.82. The number of nitrogens with one attached hydrogen (secondary N) is 1. The van der Waals surface area contributed by atoms with Crippen molar-refractivity contribution in [3.05, 3.63) is 76.7 Å². The zero-order chi connectivity index (χ0) is 22.1. The van der Waals surface area contributed by atoms with Gasteiger partial charge in [-0.1, -0.05) is 60.2 Å². The van der Waals surface area contributed by atoms with E-state index in [-0.39, 0.29) is 5.91 Å². The van der Waals surface area contributed by atoms with Crippen LogP contribution in [0.2, 0.25) is 0 Å². The molecule has 8 heteroatoms. The van der Waals surface area contributed by atoms with Crippen molar-refractivity contribution in [2.75, 3.05) is 13.6 Å². The van der Waals surface area contributed by atoms with E-state index in [1.54, 1.807) is 19.2 Å². The summed E-state index contributed by atoms with van der Waals surface area (Å²) in [5.74, 6) is -1.22. The second-order valence-electron chi connectivity index (χ2n) is 6.89. The summed E-state index contributed by atoms with van der Waals surface area (Å²) < 4.78 is 31.3. The highest BCUT2D eigenvalue weighted by molar-refractivity contribution is 7.92. The molecule has 1 N–H and O–H groups in total. The van der Waals surface area contributed by atoms with Crippen molar-refractivity contribution in [1.82, 2.24) is 9.62 Å². The summed E-state index contributed by atoms with van der Waals surface area (Å²) in [6.07, 6.45) is 0.399. The summed E-state index contributed by atoms with van der Waals surface area (Å²) in [5.41, 5.74) is 2.73. The van der Waals surface area contributed by atoms with Crippen LogP contribution in [-0.4, -0.2) is 44.9 Å². The number of carbonyl (C=O) groups excluding carboxylic acids is 2. The lowest BCUT2D eigenvalue weighted by atomic mass is 10.2. The van der Waals surface area contributed by atoms with Gasteiger partial charge in [0, 0.05) is 19.0 Å². The molecule has 0 fully saturated rings. The Kier molecular flexibility index (Phi) is 8.32. The van der Waals surface area contributed by atoms with Gasteiger partial charge >= 0.3 is 5.97 Å². The summed E-state index contributed by atoms with van der Waals surface area (Å²) in [6.45, 7) is 3.19. The Morgan fingerprint density at radius 2 is 1.73 bits per heavy atom. The predicted octanol–water partition coefficient (Wildman–Crippen LogP) is 2.48. The van der Waals surface area contributed by atoms with Gasteiger partial charge in [0.2, 0.25) is 10.0 Å². The third-order valence-electron chi connectivity index (χ3n) is 4.23. The number of hydrogen-bond acceptors (Lipinski definition) is 5. The Balaban J connectivity index is 1.82. The molecular weight excluding hydrogens is 404 g/mol. The number of hydrogen-bond donors (Lipinski definition) is 1. The van der Waals surface area contributed by atoms with Gasteiger partial charge in [0.1, 0.15) is 6.54 Å². The van der Waals surface area contributed by atoms with Gasteiger partial charge in [-0.3, -0.25) is 9.59 Å². The van der Waals surface area contributed by atoms with E-state index in [1.165, 1.54) is 17.9 Å². The summed E-state index contributed by atoms with van der Waals surface area (Å²) >= 11 is 0. The first-order valence-electron chi connectivity index (χ1n) is 9.39. The van der Waals surface area contributed by atoms with E-state index in [9.17, 15) is 18.0 Å². The molecule has 0 spiro atoms. The summed E-state index contributed by atoms with van der Waals surface area (Å²) in [6, 6.07) is 16.7. The molecule has 7 nitrogen and oxygen atoms in total. The van der Waals surface area contributed by atoms with E-state index in [2.05, 4.69) is 4.72 Å². The Hall–Kier alpha value is -2.97. The Bertz CT molecular complexity index is 986. The van der Waals surface area contributed by atoms with E-state index in [4.69, 9.17) is 4.74 Å². The van der Waals surface area contributed by atoms with Gasteiger partial charge in [-0.25, -0.2) is 13.1 Å². The Morgan fingerprint density at radius 3 is 2.37 bits per heavy atom. The number of carbonyl (C=O) groups is 2. The molecule has 0 heterocycles. The number of benzene rings is 2. The number of nitrogens with zero attached hydrogens (tertiary/aromatic N) is 1. The van der Waals surface area contributed by atoms with E-state index < -0.39 is 28.6 Å². The molecule has 1 atom stereocenters. The van der Waals surface area contributed by atoms with Crippen LogP contribution in [-0.2, 0) is 30.9 Å². The number of sulfonamides is 1. The van der Waals surface area contributed by atoms with Crippen LogP contribution in [0.5, 0.6) is 0 Å². The van der Waals surface area contributed by atoms with Gasteiger partial charge in [-0.2, -0.15) is 0 Å². The van der Waals surface area contributed by atoms with Crippen LogP contribution >= 0.6 is 0 Å². The molecule has 0 aromatic heterocycles. The molecule has 0 radical (unpaired) electrons. The molecule has 2 rings (SSSR count). The second kappa shape index (κ2) is 10.7. The maximum atomic E-state index is 12.4. The van der Waals surface area contributed by atoms with Crippen LogP contribution in [0.4, 0.5) is 0 Å². The van der Waals surface area contributed by atoms with Crippen LogP contribution in [0.25, 0.3) is 6.08 Å². The average molecular weight is 431 g/mol. The SMILES string of the molecule is Cc1ccc(/C=C/S(=O)(=O)NCC(=O)OC(C)C(=O)N(C)Cc2ccccc2)cc1. The molecule has 160 valence electrons. The lowest BCUT2D eigenvalue weighted by molar-refractivity contribution is -0.157. The number of esters is 1. The van der Waals surface area contributed by atoms with Crippen LogP contribution in [0.15, 0.2) is 60.0 Å². The minimum Gasteiger partial charge on any atom is -0.452 e. The van der Waals surface area contributed by atoms with Crippen LogP contribution in [0.3, 0.4) is 0 Å². The zero-order valence-corrected chi connectivity index (χ0v) is 18.1. The van der Waals surface area contributed by atoms with E-state index >= 15 is 0 Å². The molecule has 0 saturated heterocycles. The Labute approximate surface area is 177 Å². The quantitative estimate of drug-likeness (QED) is 0.617. The fourth-order valence-corrected chi connectivity index (χ4v) is 3.34. The summed E-state index contributed by atoms with van der Waals surface area (Å²) in [7, 11) is -2.22. The maximum absolute atomic E-state index is 12.4. The number of likely N-dealkylation sites (N-methyl/N-ethyl adjacent to an activating group) is 1. The van der Waals surface area contributed by atoms with Gasteiger partial charge in [-0.15, -0.1) is 0 Å². The first-order valence-corrected chi connectivity index (χ1v) is 10.9. The van der Waals surface area contributed by atoms with Gasteiger partial charge < -0.3 is 9.64 Å². The molecular formula is C22H26N2O5S. The third kappa shape index (κ3) is 7.81. The maximum Gasteiger partial charge on any atom is 0.321 e. The van der Waals surface area contributed by atoms with Gasteiger partial charge in [-0.05, 0) is 31.1 Å². The zero-order valence-electron chi connectivity index (χ0n) is 17.2. The monoisotopic (exact) mass is 430 g/mol. The fourth-order valence-electron chi connectivity index (χ4n) is 2.59. The number of aryl methyl sites for hydroxylation is 1. The first-order chi connectivity index (χ1) is 14.2. The molecule has 0 aliphatic carbocycles. The topological polar surface area (TPSA) is 92.8 Å². The van der Waals surface area contributed by atoms with Crippen molar-refractivity contribution >= 4 is 28.0 Å². The first kappa shape index (κ1) is 23.3. The van der Waals surface area contributed by atoms with E-state index in [0.717, 1.165) is 16.5 Å². The third-order valence-corrected chi connectivity index (χ3v) is 5.27. The molecule has 2 aromatic rings. The van der Waals surface area contributed by atoms with Crippen molar-refractivity contribution in [2.45, 2.75) is 26.5 Å². The molecule has 30 heavy (non-hydrogen) atoms. The van der Waals surface area contributed by atoms with Crippen molar-refractivity contribution in [3.8, 4) is 0 Å². The lowest BCUT2D eigenvalue weighted by Crippen LogP contribution is -2.39. The second-order valence-corrected chi connectivity index (χ2v) is 8.54. The highest BCUT2D eigenvalue weighted by Gasteiger charge is 2.22. The molecule has 0 saturated carbocycles. The van der Waals surface area contributed by atoms with Gasteiger partial charge in [0.15, 0.2) is 6.10 Å². The van der Waals surface area contributed by atoms with Crippen molar-refractivity contribution < 1.29 is 22.7 Å². The van der Waals surface area contributed by atoms with Crippen molar-refractivity contribution in [2.24, 2.45) is 0 Å².